The molecular formula is C16H19F2NO2. The first-order chi connectivity index (χ1) is 10.0. The van der Waals surface area contributed by atoms with E-state index in [1.54, 1.807) is 12.1 Å². The molecule has 2 atom stereocenters. The highest BCUT2D eigenvalue weighted by atomic mass is 19.3. The highest BCUT2D eigenvalue weighted by Crippen LogP contribution is 2.51. The van der Waals surface area contributed by atoms with Crippen molar-refractivity contribution in [3.05, 3.63) is 23.8 Å². The minimum absolute atomic E-state index is 0.0866. The van der Waals surface area contributed by atoms with Crippen LogP contribution in [-0.2, 0) is 5.41 Å². The van der Waals surface area contributed by atoms with Crippen molar-refractivity contribution >= 4 is 0 Å². The minimum atomic E-state index is -3.53. The van der Waals surface area contributed by atoms with Crippen molar-refractivity contribution in [3.8, 4) is 11.5 Å². The fraction of sp³-hybridized carbons (Fsp3) is 0.625. The average molecular weight is 295 g/mol. The van der Waals surface area contributed by atoms with Gasteiger partial charge in [-0.2, -0.15) is 0 Å². The summed E-state index contributed by atoms with van der Waals surface area (Å²) in [6, 6.07) is 5.85. The summed E-state index contributed by atoms with van der Waals surface area (Å²) >= 11 is 0. The molecule has 0 bridgehead atoms. The van der Waals surface area contributed by atoms with Gasteiger partial charge in [0.25, 0.3) is 0 Å². The van der Waals surface area contributed by atoms with Gasteiger partial charge in [-0.25, -0.2) is 0 Å². The van der Waals surface area contributed by atoms with Gasteiger partial charge in [0.2, 0.25) is 0 Å². The first-order valence-electron chi connectivity index (χ1n) is 7.61. The number of nitrogens with zero attached hydrogens (tertiary/aromatic N) is 1. The van der Waals surface area contributed by atoms with Gasteiger partial charge >= 0.3 is 6.29 Å². The van der Waals surface area contributed by atoms with Crippen LogP contribution in [0.4, 0.5) is 8.78 Å². The molecule has 3 nitrogen and oxygen atoms in total. The van der Waals surface area contributed by atoms with Crippen molar-refractivity contribution in [3.63, 3.8) is 0 Å². The second-order valence-corrected chi connectivity index (χ2v) is 6.48. The Morgan fingerprint density at radius 1 is 1.14 bits per heavy atom. The summed E-state index contributed by atoms with van der Waals surface area (Å²) in [5, 5.41) is 0. The van der Waals surface area contributed by atoms with Crippen molar-refractivity contribution in [2.45, 2.75) is 49.9 Å². The molecule has 2 aliphatic heterocycles. The first kappa shape index (κ1) is 13.3. The molecular weight excluding hydrogens is 276 g/mol. The Morgan fingerprint density at radius 2 is 1.95 bits per heavy atom. The molecule has 0 aromatic heterocycles. The van der Waals surface area contributed by atoms with Crippen molar-refractivity contribution in [2.24, 2.45) is 0 Å². The summed E-state index contributed by atoms with van der Waals surface area (Å²) in [6.07, 6.45) is 2.31. The Labute approximate surface area is 122 Å². The van der Waals surface area contributed by atoms with Crippen LogP contribution in [0.15, 0.2) is 18.2 Å². The van der Waals surface area contributed by atoms with Crippen molar-refractivity contribution in [1.82, 2.24) is 4.90 Å². The van der Waals surface area contributed by atoms with Crippen LogP contribution in [0.2, 0.25) is 0 Å². The van der Waals surface area contributed by atoms with E-state index in [1.165, 1.54) is 19.3 Å². The molecule has 1 saturated heterocycles. The summed E-state index contributed by atoms with van der Waals surface area (Å²) in [5.41, 5.74) is 1.21. The number of rotatable bonds is 1. The Bertz CT molecular complexity index is 573. The van der Waals surface area contributed by atoms with Crippen LogP contribution in [0.1, 0.15) is 37.7 Å². The Balaban J connectivity index is 1.74. The van der Waals surface area contributed by atoms with E-state index in [0.717, 1.165) is 24.9 Å². The zero-order valence-electron chi connectivity index (χ0n) is 12.1. The van der Waals surface area contributed by atoms with E-state index in [4.69, 9.17) is 0 Å². The number of likely N-dealkylation sites (N-methyl/N-ethyl adjacent to an activating group) is 1. The van der Waals surface area contributed by atoms with Gasteiger partial charge in [-0.15, -0.1) is 8.78 Å². The van der Waals surface area contributed by atoms with E-state index < -0.39 is 6.29 Å². The van der Waals surface area contributed by atoms with Crippen LogP contribution in [-0.4, -0.2) is 30.8 Å². The van der Waals surface area contributed by atoms with Gasteiger partial charge in [-0.1, -0.05) is 18.9 Å². The summed E-state index contributed by atoms with van der Waals surface area (Å²) in [6.45, 7) is 1.06. The van der Waals surface area contributed by atoms with Gasteiger partial charge in [0.05, 0.1) is 0 Å². The van der Waals surface area contributed by atoms with Crippen LogP contribution in [0.25, 0.3) is 0 Å². The summed E-state index contributed by atoms with van der Waals surface area (Å²) in [5.74, 6) is 0.310. The molecule has 4 rings (SSSR count). The summed E-state index contributed by atoms with van der Waals surface area (Å²) < 4.78 is 35.5. The molecule has 0 unspecified atom stereocenters. The van der Waals surface area contributed by atoms with E-state index in [1.807, 2.05) is 6.07 Å². The fourth-order valence-corrected chi connectivity index (χ4v) is 4.43. The third-order valence-corrected chi connectivity index (χ3v) is 5.41. The number of benzene rings is 1. The number of hydrogen-bond donors (Lipinski definition) is 0. The lowest BCUT2D eigenvalue weighted by molar-refractivity contribution is -0.286. The largest absolute Gasteiger partial charge is 0.586 e. The second-order valence-electron chi connectivity index (χ2n) is 6.48. The lowest BCUT2D eigenvalue weighted by Crippen LogP contribution is -2.43. The van der Waals surface area contributed by atoms with E-state index >= 15 is 0 Å². The molecule has 2 fully saturated rings. The highest BCUT2D eigenvalue weighted by molar-refractivity contribution is 5.48. The third-order valence-electron chi connectivity index (χ3n) is 5.41. The lowest BCUT2D eigenvalue weighted by atomic mass is 9.66. The predicted octanol–water partition coefficient (Wildman–Crippen LogP) is 3.52. The minimum Gasteiger partial charge on any atom is -0.395 e. The molecule has 0 N–H and O–H groups in total. The van der Waals surface area contributed by atoms with E-state index in [2.05, 4.69) is 21.4 Å². The molecule has 0 amide bonds. The average Bonchev–Trinajstić information content (AvgIpc) is 2.95. The number of likely N-dealkylation sites (tertiary alicyclic amines) is 1. The standard InChI is InChI=1S/C16H19F2NO2/c1-19-9-8-15(7-3-2-4-14(15)19)11-5-6-12-13(10-11)21-16(17,18)20-12/h5-6,10,14H,2-4,7-9H2,1H3/t14-,15-/m0/s1. The molecule has 21 heavy (non-hydrogen) atoms. The second kappa shape index (κ2) is 4.32. The number of alkyl halides is 2. The van der Waals surface area contributed by atoms with Crippen molar-refractivity contribution in [1.29, 1.82) is 0 Å². The molecule has 114 valence electrons. The number of ether oxygens (including phenoxy) is 2. The Morgan fingerprint density at radius 3 is 2.81 bits per heavy atom. The smallest absolute Gasteiger partial charge is 0.395 e. The normalized spacial score (nSPS) is 34.0. The monoisotopic (exact) mass is 295 g/mol. The fourth-order valence-electron chi connectivity index (χ4n) is 4.43. The predicted molar refractivity (Wildman–Crippen MR) is 73.8 cm³/mol. The van der Waals surface area contributed by atoms with Gasteiger partial charge in [0.1, 0.15) is 0 Å². The van der Waals surface area contributed by atoms with E-state index in [0.29, 0.717) is 6.04 Å². The van der Waals surface area contributed by atoms with Gasteiger partial charge in [0, 0.05) is 11.5 Å². The Kier molecular flexibility index (Phi) is 2.74. The van der Waals surface area contributed by atoms with Crippen LogP contribution in [0.5, 0.6) is 11.5 Å². The lowest BCUT2D eigenvalue weighted by Gasteiger charge is -2.41. The topological polar surface area (TPSA) is 21.7 Å². The zero-order valence-corrected chi connectivity index (χ0v) is 12.1. The molecule has 3 aliphatic rings. The quantitative estimate of drug-likeness (QED) is 0.791. The first-order valence-corrected chi connectivity index (χ1v) is 7.61. The molecule has 1 aliphatic carbocycles. The molecule has 1 saturated carbocycles. The SMILES string of the molecule is CN1CC[C@]2(c3ccc4c(c3)OC(F)(F)O4)CCCC[C@H]12. The van der Waals surface area contributed by atoms with Crippen LogP contribution in [0.3, 0.4) is 0 Å². The van der Waals surface area contributed by atoms with Crippen molar-refractivity contribution in [2.75, 3.05) is 13.6 Å². The maximum atomic E-state index is 13.2. The van der Waals surface area contributed by atoms with Gasteiger partial charge in [0.15, 0.2) is 11.5 Å². The number of hydrogen-bond acceptors (Lipinski definition) is 3. The maximum absolute atomic E-state index is 13.2. The summed E-state index contributed by atoms with van der Waals surface area (Å²) in [4.78, 5) is 2.42. The molecule has 2 heterocycles. The number of halogens is 2. The molecule has 0 spiro atoms. The summed E-state index contributed by atoms with van der Waals surface area (Å²) in [7, 11) is 2.17. The van der Waals surface area contributed by atoms with Gasteiger partial charge in [-0.3, -0.25) is 0 Å². The molecule has 0 radical (unpaired) electrons. The van der Waals surface area contributed by atoms with Gasteiger partial charge < -0.3 is 14.4 Å². The van der Waals surface area contributed by atoms with Gasteiger partial charge in [-0.05, 0) is 50.6 Å². The third kappa shape index (κ3) is 1.94. The van der Waals surface area contributed by atoms with Crippen molar-refractivity contribution < 1.29 is 18.3 Å². The van der Waals surface area contributed by atoms with Crippen LogP contribution < -0.4 is 9.47 Å². The molecule has 1 aromatic carbocycles. The molecule has 5 heteroatoms. The van der Waals surface area contributed by atoms with Crippen LogP contribution >= 0.6 is 0 Å². The van der Waals surface area contributed by atoms with E-state index in [9.17, 15) is 8.78 Å². The highest BCUT2D eigenvalue weighted by Gasteiger charge is 2.49. The Hall–Kier alpha value is -1.36. The van der Waals surface area contributed by atoms with Crippen LogP contribution in [0, 0.1) is 0 Å². The number of fused-ring (bicyclic) bond motifs is 2. The van der Waals surface area contributed by atoms with E-state index in [-0.39, 0.29) is 16.9 Å². The zero-order chi connectivity index (χ0) is 14.7. The molecule has 1 aromatic rings. The maximum Gasteiger partial charge on any atom is 0.586 e.